The fraction of sp³-hybridized carbons (Fsp3) is 0.400. The number of esters is 1. The number of thioether (sulfide) groups is 1. The molecule has 1 heterocycles. The van der Waals surface area contributed by atoms with Crippen molar-refractivity contribution in [3.05, 3.63) is 22.3 Å². The molecule has 0 aliphatic carbocycles. The Kier molecular flexibility index (Phi) is 5.11. The molecule has 0 saturated carbocycles. The number of aromatic nitrogens is 1. The van der Waals surface area contributed by atoms with Crippen LogP contribution >= 0.6 is 27.7 Å². The monoisotopic (exact) mass is 289 g/mol. The van der Waals surface area contributed by atoms with Gasteiger partial charge in [0.2, 0.25) is 0 Å². The molecule has 1 rings (SSSR count). The SMILES string of the molecule is CCOC(=O)CSc1cc(C)c(Br)cn1. The van der Waals surface area contributed by atoms with Crippen LogP contribution in [0.1, 0.15) is 12.5 Å². The van der Waals surface area contributed by atoms with Crippen molar-refractivity contribution in [2.75, 3.05) is 12.4 Å². The third kappa shape index (κ3) is 4.22. The van der Waals surface area contributed by atoms with Crippen molar-refractivity contribution in [2.24, 2.45) is 0 Å². The van der Waals surface area contributed by atoms with Gasteiger partial charge in [-0.25, -0.2) is 4.98 Å². The number of aryl methyl sites for hydroxylation is 1. The zero-order chi connectivity index (χ0) is 11.3. The van der Waals surface area contributed by atoms with E-state index in [1.807, 2.05) is 13.0 Å². The van der Waals surface area contributed by atoms with Gasteiger partial charge in [-0.3, -0.25) is 4.79 Å². The van der Waals surface area contributed by atoms with E-state index in [1.54, 1.807) is 13.1 Å². The zero-order valence-electron chi connectivity index (χ0n) is 8.62. The van der Waals surface area contributed by atoms with Crippen molar-refractivity contribution in [3.63, 3.8) is 0 Å². The molecule has 0 spiro atoms. The van der Waals surface area contributed by atoms with Crippen molar-refractivity contribution in [3.8, 4) is 0 Å². The Labute approximate surface area is 102 Å². The van der Waals surface area contributed by atoms with Crippen LogP contribution < -0.4 is 0 Å². The van der Waals surface area contributed by atoms with Gasteiger partial charge in [-0.05, 0) is 41.4 Å². The van der Waals surface area contributed by atoms with E-state index in [9.17, 15) is 4.79 Å². The van der Waals surface area contributed by atoms with Gasteiger partial charge in [0, 0.05) is 10.7 Å². The number of rotatable bonds is 4. The first-order chi connectivity index (χ1) is 7.13. The molecular weight excluding hydrogens is 278 g/mol. The fourth-order valence-corrected chi connectivity index (χ4v) is 1.88. The molecule has 0 atom stereocenters. The van der Waals surface area contributed by atoms with E-state index in [0.29, 0.717) is 12.4 Å². The first-order valence-electron chi connectivity index (χ1n) is 4.54. The normalized spacial score (nSPS) is 10.1. The van der Waals surface area contributed by atoms with Gasteiger partial charge >= 0.3 is 5.97 Å². The minimum Gasteiger partial charge on any atom is -0.465 e. The zero-order valence-corrected chi connectivity index (χ0v) is 11.0. The van der Waals surface area contributed by atoms with Gasteiger partial charge in [0.15, 0.2) is 0 Å². The molecule has 0 radical (unpaired) electrons. The molecule has 1 aromatic rings. The summed E-state index contributed by atoms with van der Waals surface area (Å²) in [6.07, 6.45) is 1.74. The van der Waals surface area contributed by atoms with Crippen LogP contribution in [0.3, 0.4) is 0 Å². The molecule has 1 aromatic heterocycles. The first-order valence-corrected chi connectivity index (χ1v) is 6.32. The largest absolute Gasteiger partial charge is 0.465 e. The Morgan fingerprint density at radius 3 is 3.00 bits per heavy atom. The molecule has 82 valence electrons. The Hall–Kier alpha value is -0.550. The van der Waals surface area contributed by atoms with Gasteiger partial charge in [0.1, 0.15) is 0 Å². The van der Waals surface area contributed by atoms with Gasteiger partial charge in [0.05, 0.1) is 17.4 Å². The van der Waals surface area contributed by atoms with E-state index in [0.717, 1.165) is 15.1 Å². The van der Waals surface area contributed by atoms with Gasteiger partial charge in [-0.2, -0.15) is 0 Å². The molecule has 15 heavy (non-hydrogen) atoms. The van der Waals surface area contributed by atoms with Gasteiger partial charge in [-0.1, -0.05) is 11.8 Å². The number of ether oxygens (including phenoxy) is 1. The molecule has 0 unspecified atom stereocenters. The molecule has 0 N–H and O–H groups in total. The third-order valence-corrected chi connectivity index (χ3v) is 3.39. The molecule has 0 bridgehead atoms. The summed E-state index contributed by atoms with van der Waals surface area (Å²) in [4.78, 5) is 15.3. The van der Waals surface area contributed by atoms with E-state index < -0.39 is 0 Å². The Morgan fingerprint density at radius 2 is 2.40 bits per heavy atom. The predicted molar refractivity (Wildman–Crippen MR) is 64.0 cm³/mol. The lowest BCUT2D eigenvalue weighted by Crippen LogP contribution is -2.06. The summed E-state index contributed by atoms with van der Waals surface area (Å²) in [5.74, 6) is 0.104. The minimum atomic E-state index is -0.204. The molecule has 0 aromatic carbocycles. The maximum atomic E-state index is 11.1. The molecule has 3 nitrogen and oxygen atoms in total. The van der Waals surface area contributed by atoms with Crippen molar-refractivity contribution in [1.82, 2.24) is 4.98 Å². The van der Waals surface area contributed by atoms with Crippen LogP contribution in [0, 0.1) is 6.92 Å². The smallest absolute Gasteiger partial charge is 0.316 e. The lowest BCUT2D eigenvalue weighted by Gasteiger charge is -2.03. The lowest BCUT2D eigenvalue weighted by molar-refractivity contribution is -0.139. The van der Waals surface area contributed by atoms with Crippen LogP contribution in [0.4, 0.5) is 0 Å². The fourth-order valence-electron chi connectivity index (χ4n) is 0.928. The quantitative estimate of drug-likeness (QED) is 0.631. The number of hydrogen-bond acceptors (Lipinski definition) is 4. The third-order valence-electron chi connectivity index (χ3n) is 1.67. The highest BCUT2D eigenvalue weighted by molar-refractivity contribution is 9.10. The molecule has 5 heteroatoms. The van der Waals surface area contributed by atoms with E-state index in [2.05, 4.69) is 20.9 Å². The summed E-state index contributed by atoms with van der Waals surface area (Å²) in [5, 5.41) is 0.837. The van der Waals surface area contributed by atoms with Crippen molar-refractivity contribution in [1.29, 1.82) is 0 Å². The highest BCUT2D eigenvalue weighted by atomic mass is 79.9. The Bertz CT molecular complexity index is 357. The second-order valence-electron chi connectivity index (χ2n) is 2.87. The lowest BCUT2D eigenvalue weighted by atomic mass is 10.3. The minimum absolute atomic E-state index is 0.204. The number of carbonyl (C=O) groups is 1. The molecular formula is C10H12BrNO2S. The van der Waals surface area contributed by atoms with Crippen molar-refractivity contribution >= 4 is 33.7 Å². The van der Waals surface area contributed by atoms with E-state index in [-0.39, 0.29) is 5.97 Å². The van der Waals surface area contributed by atoms with Crippen LogP contribution in [-0.2, 0) is 9.53 Å². The molecule has 0 fully saturated rings. The van der Waals surface area contributed by atoms with Crippen LogP contribution in [-0.4, -0.2) is 23.3 Å². The average molecular weight is 290 g/mol. The summed E-state index contributed by atoms with van der Waals surface area (Å²) in [5.41, 5.74) is 1.11. The molecule has 0 aliphatic heterocycles. The standard InChI is InChI=1S/C10H12BrNO2S/c1-3-14-10(13)6-15-9-4-7(2)8(11)5-12-9/h4-5H,3,6H2,1-2H3. The summed E-state index contributed by atoms with van der Waals surface area (Å²) in [6, 6.07) is 1.94. The number of halogens is 1. The average Bonchev–Trinajstić information content (AvgIpc) is 2.20. The van der Waals surface area contributed by atoms with Crippen LogP contribution in [0.5, 0.6) is 0 Å². The van der Waals surface area contributed by atoms with Crippen molar-refractivity contribution in [2.45, 2.75) is 18.9 Å². The van der Waals surface area contributed by atoms with Gasteiger partial charge in [0.25, 0.3) is 0 Å². The number of nitrogens with zero attached hydrogens (tertiary/aromatic N) is 1. The second-order valence-corrected chi connectivity index (χ2v) is 4.72. The Balaban J connectivity index is 2.51. The van der Waals surface area contributed by atoms with E-state index in [1.165, 1.54) is 11.8 Å². The number of pyridine rings is 1. The topological polar surface area (TPSA) is 39.2 Å². The van der Waals surface area contributed by atoms with Crippen LogP contribution in [0.2, 0.25) is 0 Å². The van der Waals surface area contributed by atoms with Crippen molar-refractivity contribution < 1.29 is 9.53 Å². The highest BCUT2D eigenvalue weighted by Gasteiger charge is 2.05. The predicted octanol–water partition coefficient (Wildman–Crippen LogP) is 2.81. The summed E-state index contributed by atoms with van der Waals surface area (Å²) in [6.45, 7) is 4.21. The first kappa shape index (κ1) is 12.5. The van der Waals surface area contributed by atoms with E-state index >= 15 is 0 Å². The molecule has 0 aliphatic rings. The van der Waals surface area contributed by atoms with E-state index in [4.69, 9.17) is 4.74 Å². The summed E-state index contributed by atoms with van der Waals surface area (Å²) in [7, 11) is 0. The molecule has 0 saturated heterocycles. The number of carbonyl (C=O) groups excluding carboxylic acids is 1. The summed E-state index contributed by atoms with van der Waals surface area (Å²) >= 11 is 4.76. The second kappa shape index (κ2) is 6.12. The Morgan fingerprint density at radius 1 is 1.67 bits per heavy atom. The maximum Gasteiger partial charge on any atom is 0.316 e. The van der Waals surface area contributed by atoms with Crippen LogP contribution in [0.15, 0.2) is 21.8 Å². The van der Waals surface area contributed by atoms with Gasteiger partial charge in [-0.15, -0.1) is 0 Å². The van der Waals surface area contributed by atoms with Gasteiger partial charge < -0.3 is 4.74 Å². The number of hydrogen-bond donors (Lipinski definition) is 0. The highest BCUT2D eigenvalue weighted by Crippen LogP contribution is 2.21. The summed E-state index contributed by atoms with van der Waals surface area (Å²) < 4.78 is 5.80. The van der Waals surface area contributed by atoms with Crippen LogP contribution in [0.25, 0.3) is 0 Å². The maximum absolute atomic E-state index is 11.1. The molecule has 0 amide bonds.